The average Bonchev–Trinajstić information content (AvgIpc) is 3.08. The molecule has 48 heavy (non-hydrogen) atoms. The number of ether oxygens (including phenoxy) is 3. The molecule has 0 aliphatic heterocycles. The van der Waals surface area contributed by atoms with Gasteiger partial charge in [0.05, 0.1) is 37.0 Å². The van der Waals surface area contributed by atoms with Gasteiger partial charge in [-0.15, -0.1) is 6.58 Å². The first-order valence-electron chi connectivity index (χ1n) is 15.4. The van der Waals surface area contributed by atoms with Gasteiger partial charge in [0.25, 0.3) is 11.5 Å². The normalized spacial score (nSPS) is 11.2. The number of benzene rings is 4. The lowest BCUT2D eigenvalue weighted by Gasteiger charge is -2.17. The zero-order chi connectivity index (χ0) is 34.4. The minimum absolute atomic E-state index is 0.0546. The third-order valence-corrected chi connectivity index (χ3v) is 7.75. The Morgan fingerprint density at radius 3 is 2.48 bits per heavy atom. The number of rotatable bonds is 12. The Bertz CT molecular complexity index is 2090. The second-order valence-corrected chi connectivity index (χ2v) is 11.4. The van der Waals surface area contributed by atoms with E-state index in [4.69, 9.17) is 19.2 Å². The first kappa shape index (κ1) is 33.6. The number of hydrogen-bond acceptors (Lipinski definition) is 7. The van der Waals surface area contributed by atoms with Crippen molar-refractivity contribution in [1.82, 2.24) is 9.66 Å². The van der Waals surface area contributed by atoms with Crippen molar-refractivity contribution in [3.8, 4) is 28.6 Å². The highest BCUT2D eigenvalue weighted by Crippen LogP contribution is 2.35. The summed E-state index contributed by atoms with van der Waals surface area (Å²) in [4.78, 5) is 31.4. The van der Waals surface area contributed by atoms with Gasteiger partial charge in [-0.2, -0.15) is 9.78 Å². The third-order valence-electron chi connectivity index (χ3n) is 7.75. The number of aryl methyl sites for hydroxylation is 1. The summed E-state index contributed by atoms with van der Waals surface area (Å²) in [5.74, 6) is 0.887. The van der Waals surface area contributed by atoms with E-state index in [1.54, 1.807) is 49.7 Å². The van der Waals surface area contributed by atoms with Crippen molar-refractivity contribution in [2.75, 3.05) is 26.1 Å². The minimum atomic E-state index is -0.550. The highest BCUT2D eigenvalue weighted by Gasteiger charge is 2.19. The van der Waals surface area contributed by atoms with E-state index in [1.807, 2.05) is 31.2 Å². The van der Waals surface area contributed by atoms with E-state index in [2.05, 4.69) is 30.8 Å². The largest absolute Gasteiger partial charge is 0.496 e. The van der Waals surface area contributed by atoms with E-state index in [-0.39, 0.29) is 23.8 Å². The predicted molar refractivity (Wildman–Crippen MR) is 187 cm³/mol. The molecule has 1 N–H and O–H groups in total. The van der Waals surface area contributed by atoms with Crippen LogP contribution in [-0.2, 0) is 11.2 Å². The number of amides is 1. The van der Waals surface area contributed by atoms with Gasteiger partial charge in [0, 0.05) is 11.1 Å². The predicted octanol–water partition coefficient (Wildman–Crippen LogP) is 7.28. The molecular weight excluding hydrogens is 611 g/mol. The van der Waals surface area contributed by atoms with Crippen molar-refractivity contribution < 1.29 is 23.4 Å². The lowest BCUT2D eigenvalue weighted by atomic mass is 9.96. The molecule has 5 aromatic rings. The van der Waals surface area contributed by atoms with Crippen LogP contribution in [-0.4, -0.2) is 42.6 Å². The SMILES string of the molecule is C=CCc1cc(C=Nn2c(-c3cc(C(C)C)c(OC)cc3C)nc3ccccc3c2=O)cc(OC)c1OCC(=O)Nc1ccccc1F. The Morgan fingerprint density at radius 2 is 1.77 bits per heavy atom. The van der Waals surface area contributed by atoms with Crippen molar-refractivity contribution in [2.45, 2.75) is 33.1 Å². The van der Waals surface area contributed by atoms with Crippen LogP contribution in [0, 0.1) is 12.7 Å². The molecule has 0 spiro atoms. The van der Waals surface area contributed by atoms with Gasteiger partial charge < -0.3 is 19.5 Å². The molecule has 0 aliphatic carbocycles. The quantitative estimate of drug-likeness (QED) is 0.113. The summed E-state index contributed by atoms with van der Waals surface area (Å²) in [6.07, 6.45) is 3.62. The second kappa shape index (κ2) is 14.8. The molecular formula is C38H37FN4O5. The maximum absolute atomic E-state index is 14.0. The Morgan fingerprint density at radius 1 is 1.04 bits per heavy atom. The van der Waals surface area contributed by atoms with Crippen molar-refractivity contribution in [3.63, 3.8) is 0 Å². The van der Waals surface area contributed by atoms with Crippen molar-refractivity contribution >= 4 is 28.7 Å². The van der Waals surface area contributed by atoms with Gasteiger partial charge in [-0.1, -0.05) is 44.2 Å². The summed E-state index contributed by atoms with van der Waals surface area (Å²) in [6, 6.07) is 20.5. The maximum atomic E-state index is 14.0. The molecule has 0 fully saturated rings. The minimum Gasteiger partial charge on any atom is -0.496 e. The number of allylic oxidation sites excluding steroid dienone is 1. The van der Waals surface area contributed by atoms with Crippen molar-refractivity contribution in [3.05, 3.63) is 124 Å². The fourth-order valence-electron chi connectivity index (χ4n) is 5.36. The fraction of sp³-hybridized carbons (Fsp3) is 0.211. The smallest absolute Gasteiger partial charge is 0.282 e. The fourth-order valence-corrected chi connectivity index (χ4v) is 5.36. The number of methoxy groups -OCH3 is 2. The molecule has 1 amide bonds. The van der Waals surface area contributed by atoms with Crippen molar-refractivity contribution in [2.24, 2.45) is 5.10 Å². The molecule has 0 unspecified atom stereocenters. The number of para-hydroxylation sites is 2. The molecule has 9 nitrogen and oxygen atoms in total. The monoisotopic (exact) mass is 648 g/mol. The van der Waals surface area contributed by atoms with Gasteiger partial charge in [0.2, 0.25) is 0 Å². The van der Waals surface area contributed by atoms with Crippen LogP contribution in [0.15, 0.2) is 95.3 Å². The molecule has 246 valence electrons. The van der Waals surface area contributed by atoms with Gasteiger partial charge in [0.15, 0.2) is 23.9 Å². The number of fused-ring (bicyclic) bond motifs is 1. The van der Waals surface area contributed by atoms with Crippen molar-refractivity contribution in [1.29, 1.82) is 0 Å². The van der Waals surface area contributed by atoms with Gasteiger partial charge >= 0.3 is 0 Å². The van der Waals surface area contributed by atoms with Gasteiger partial charge in [-0.05, 0) is 84.5 Å². The number of aromatic nitrogens is 2. The molecule has 4 aromatic carbocycles. The van der Waals surface area contributed by atoms with Crippen LogP contribution in [0.4, 0.5) is 10.1 Å². The molecule has 0 atom stereocenters. The zero-order valence-electron chi connectivity index (χ0n) is 27.5. The number of halogens is 1. The third kappa shape index (κ3) is 7.12. The molecule has 1 aromatic heterocycles. The van der Waals surface area contributed by atoms with Crippen LogP contribution in [0.3, 0.4) is 0 Å². The number of carbonyl (C=O) groups excluding carboxylic acids is 1. The number of anilines is 1. The van der Waals surface area contributed by atoms with Crippen LogP contribution in [0.2, 0.25) is 0 Å². The highest BCUT2D eigenvalue weighted by molar-refractivity contribution is 5.92. The molecule has 0 aliphatic rings. The zero-order valence-corrected chi connectivity index (χ0v) is 27.5. The van der Waals surface area contributed by atoms with Gasteiger partial charge in [0.1, 0.15) is 11.6 Å². The molecule has 0 saturated carbocycles. The lowest BCUT2D eigenvalue weighted by molar-refractivity contribution is -0.118. The molecule has 10 heteroatoms. The van der Waals surface area contributed by atoms with Crippen LogP contribution < -0.4 is 25.1 Å². The number of hydrogen-bond donors (Lipinski definition) is 1. The van der Waals surface area contributed by atoms with E-state index < -0.39 is 11.7 Å². The second-order valence-electron chi connectivity index (χ2n) is 11.4. The number of carbonyl (C=O) groups is 1. The van der Waals surface area contributed by atoms with Crippen LogP contribution in [0.1, 0.15) is 42.0 Å². The maximum Gasteiger partial charge on any atom is 0.282 e. The Hall–Kier alpha value is -5.77. The van der Waals surface area contributed by atoms with Crippen LogP contribution >= 0.6 is 0 Å². The molecule has 0 bridgehead atoms. The summed E-state index contributed by atoms with van der Waals surface area (Å²) in [7, 11) is 3.12. The first-order chi connectivity index (χ1) is 23.1. The average molecular weight is 649 g/mol. The summed E-state index contributed by atoms with van der Waals surface area (Å²) in [6.45, 7) is 9.56. The molecule has 0 saturated heterocycles. The van der Waals surface area contributed by atoms with E-state index >= 15 is 0 Å². The highest BCUT2D eigenvalue weighted by atomic mass is 19.1. The van der Waals surface area contributed by atoms with Gasteiger partial charge in [-0.3, -0.25) is 9.59 Å². The Kier molecular flexibility index (Phi) is 10.3. The molecule has 5 rings (SSSR count). The van der Waals surface area contributed by atoms with E-state index in [0.717, 1.165) is 22.4 Å². The summed E-state index contributed by atoms with van der Waals surface area (Å²) < 4.78 is 32.5. The van der Waals surface area contributed by atoms with Crippen LogP contribution in [0.25, 0.3) is 22.3 Å². The Labute approximate surface area is 278 Å². The number of nitrogens with one attached hydrogen (secondary N) is 1. The first-order valence-corrected chi connectivity index (χ1v) is 15.4. The number of nitrogens with zero attached hydrogens (tertiary/aromatic N) is 3. The molecule has 1 heterocycles. The summed E-state index contributed by atoms with van der Waals surface area (Å²) in [5.41, 5.74) is 4.16. The topological polar surface area (TPSA) is 104 Å². The summed E-state index contributed by atoms with van der Waals surface area (Å²) in [5, 5.41) is 7.60. The lowest BCUT2D eigenvalue weighted by Crippen LogP contribution is -2.21. The Balaban J connectivity index is 1.55. The summed E-state index contributed by atoms with van der Waals surface area (Å²) >= 11 is 0. The van der Waals surface area contributed by atoms with E-state index in [9.17, 15) is 14.0 Å². The van der Waals surface area contributed by atoms with Gasteiger partial charge in [-0.25, -0.2) is 9.37 Å². The van der Waals surface area contributed by atoms with E-state index in [1.165, 1.54) is 30.0 Å². The van der Waals surface area contributed by atoms with Crippen LogP contribution in [0.5, 0.6) is 17.2 Å². The van der Waals surface area contributed by atoms with E-state index in [0.29, 0.717) is 45.8 Å². The standard InChI is InChI=1S/C38H37FN4O5/c1-7-12-26-18-25(19-34(47-6)36(26)48-22-35(44)41-32-16-11-9-14-30(32)39)21-40-43-37(42-31-15-10-8-13-27(31)38(43)45)29-20-28(23(2)3)33(46-5)17-24(29)4/h7-11,13-21,23H,1,12,22H2,2-6H3,(H,41,44). The molecule has 0 radical (unpaired) electrons.